The fourth-order valence-corrected chi connectivity index (χ4v) is 2.80. The predicted molar refractivity (Wildman–Crippen MR) is 94.7 cm³/mol. The summed E-state index contributed by atoms with van der Waals surface area (Å²) in [7, 11) is 0. The molecule has 1 rings (SSSR count). The Hall–Kier alpha value is -1.26. The minimum Gasteiger partial charge on any atom is -0.352 e. The van der Waals surface area contributed by atoms with Gasteiger partial charge in [0, 0.05) is 29.1 Å². The molecule has 1 N–H and O–H groups in total. The Kier molecular flexibility index (Phi) is 7.86. The Balaban J connectivity index is 3.07. The first-order valence-corrected chi connectivity index (χ1v) is 8.59. The zero-order valence-corrected chi connectivity index (χ0v) is 15.5. The Labute approximate surface area is 148 Å². The summed E-state index contributed by atoms with van der Waals surface area (Å²) in [5.74, 6) is -0.226. The number of amides is 2. The summed E-state index contributed by atoms with van der Waals surface area (Å²) in [4.78, 5) is 26.4. The maximum absolute atomic E-state index is 12.4. The van der Waals surface area contributed by atoms with Gasteiger partial charge in [0.15, 0.2) is 0 Å². The molecule has 0 spiro atoms. The van der Waals surface area contributed by atoms with Crippen molar-refractivity contribution < 1.29 is 9.59 Å². The van der Waals surface area contributed by atoms with Crippen LogP contribution < -0.4 is 5.32 Å². The summed E-state index contributed by atoms with van der Waals surface area (Å²) >= 11 is 12.1. The molecule has 128 valence electrons. The topological polar surface area (TPSA) is 49.4 Å². The van der Waals surface area contributed by atoms with Crippen molar-refractivity contribution in [2.24, 2.45) is 0 Å². The molecule has 1 atom stereocenters. The summed E-state index contributed by atoms with van der Waals surface area (Å²) in [6.45, 7) is 7.75. The molecule has 2 amide bonds. The summed E-state index contributed by atoms with van der Waals surface area (Å²) in [6.07, 6.45) is 0.867. The number of nitrogens with one attached hydrogen (secondary N) is 1. The van der Waals surface area contributed by atoms with Crippen molar-refractivity contribution in [3.05, 3.63) is 33.8 Å². The van der Waals surface area contributed by atoms with Crippen LogP contribution in [0.5, 0.6) is 0 Å². The van der Waals surface area contributed by atoms with Gasteiger partial charge in [-0.25, -0.2) is 0 Å². The number of carbonyl (C=O) groups excluding carboxylic acids is 2. The Bertz CT molecular complexity index is 562. The van der Waals surface area contributed by atoms with Crippen LogP contribution in [0.25, 0.3) is 0 Å². The fourth-order valence-electron chi connectivity index (χ4n) is 2.34. The quantitative estimate of drug-likeness (QED) is 0.799. The van der Waals surface area contributed by atoms with E-state index in [4.69, 9.17) is 23.2 Å². The standard InChI is InChI=1S/C17H24Cl2N2O2/c1-5-15(17(23)20-11(3)4)21(16(22)6-2)10-12-7-8-13(18)9-14(12)19/h7-9,11,15H,5-6,10H2,1-4H3,(H,20,23)/t15-/m0/s1. The van der Waals surface area contributed by atoms with Gasteiger partial charge in [-0.15, -0.1) is 0 Å². The third kappa shape index (κ3) is 5.70. The molecule has 6 heteroatoms. The highest BCUT2D eigenvalue weighted by Crippen LogP contribution is 2.24. The molecule has 0 aliphatic rings. The molecule has 0 aromatic heterocycles. The Morgan fingerprint density at radius 2 is 1.87 bits per heavy atom. The van der Waals surface area contributed by atoms with Gasteiger partial charge in [0.25, 0.3) is 0 Å². The Morgan fingerprint density at radius 3 is 2.35 bits per heavy atom. The van der Waals surface area contributed by atoms with Crippen LogP contribution in [0.3, 0.4) is 0 Å². The van der Waals surface area contributed by atoms with Crippen molar-refractivity contribution in [3.8, 4) is 0 Å². The van der Waals surface area contributed by atoms with Crippen LogP contribution in [0, 0.1) is 0 Å². The largest absolute Gasteiger partial charge is 0.352 e. The van der Waals surface area contributed by atoms with Crippen LogP contribution in [0.1, 0.15) is 46.1 Å². The van der Waals surface area contributed by atoms with Crippen molar-refractivity contribution in [1.29, 1.82) is 0 Å². The molecule has 0 radical (unpaired) electrons. The zero-order chi connectivity index (χ0) is 17.6. The van der Waals surface area contributed by atoms with E-state index in [1.165, 1.54) is 0 Å². The number of halogens is 2. The molecular weight excluding hydrogens is 335 g/mol. The lowest BCUT2D eigenvalue weighted by Crippen LogP contribution is -2.50. The van der Waals surface area contributed by atoms with E-state index in [0.29, 0.717) is 22.9 Å². The molecule has 23 heavy (non-hydrogen) atoms. The average Bonchev–Trinajstić information content (AvgIpc) is 2.47. The maximum Gasteiger partial charge on any atom is 0.243 e. The predicted octanol–water partition coefficient (Wildman–Crippen LogP) is 4.04. The van der Waals surface area contributed by atoms with E-state index in [9.17, 15) is 9.59 Å². The van der Waals surface area contributed by atoms with Gasteiger partial charge in [-0.1, -0.05) is 43.1 Å². The number of rotatable bonds is 7. The number of nitrogens with zero attached hydrogens (tertiary/aromatic N) is 1. The van der Waals surface area contributed by atoms with Gasteiger partial charge in [0.2, 0.25) is 11.8 Å². The molecule has 1 aromatic rings. The van der Waals surface area contributed by atoms with E-state index < -0.39 is 6.04 Å². The second-order valence-electron chi connectivity index (χ2n) is 5.70. The minimum absolute atomic E-state index is 0.0225. The molecule has 1 aromatic carbocycles. The van der Waals surface area contributed by atoms with Crippen LogP contribution in [0.2, 0.25) is 10.0 Å². The summed E-state index contributed by atoms with van der Waals surface area (Å²) in [5.41, 5.74) is 0.772. The van der Waals surface area contributed by atoms with Crippen LogP contribution in [-0.2, 0) is 16.1 Å². The summed E-state index contributed by atoms with van der Waals surface area (Å²) < 4.78 is 0. The van der Waals surface area contributed by atoms with E-state index >= 15 is 0 Å². The highest BCUT2D eigenvalue weighted by atomic mass is 35.5. The maximum atomic E-state index is 12.4. The van der Waals surface area contributed by atoms with E-state index in [-0.39, 0.29) is 24.4 Å². The fraction of sp³-hybridized carbons (Fsp3) is 0.529. The number of benzene rings is 1. The molecule has 0 aliphatic carbocycles. The van der Waals surface area contributed by atoms with Crippen molar-refractivity contribution in [3.63, 3.8) is 0 Å². The van der Waals surface area contributed by atoms with Gasteiger partial charge in [0.1, 0.15) is 6.04 Å². The van der Waals surface area contributed by atoms with Crippen LogP contribution in [0.15, 0.2) is 18.2 Å². The molecule has 0 saturated carbocycles. The van der Waals surface area contributed by atoms with Crippen LogP contribution >= 0.6 is 23.2 Å². The minimum atomic E-state index is -0.517. The third-order valence-electron chi connectivity index (χ3n) is 3.48. The second kappa shape index (κ2) is 9.14. The van der Waals surface area contributed by atoms with Gasteiger partial charge in [-0.05, 0) is 38.0 Å². The number of hydrogen-bond acceptors (Lipinski definition) is 2. The SMILES string of the molecule is CCC(=O)N(Cc1ccc(Cl)cc1Cl)[C@@H](CC)C(=O)NC(C)C. The Morgan fingerprint density at radius 1 is 1.22 bits per heavy atom. The molecule has 0 bridgehead atoms. The van der Waals surface area contributed by atoms with Crippen molar-refractivity contribution in [1.82, 2.24) is 10.2 Å². The van der Waals surface area contributed by atoms with Gasteiger partial charge < -0.3 is 10.2 Å². The molecule has 0 heterocycles. The first-order chi connectivity index (χ1) is 10.8. The van der Waals surface area contributed by atoms with Gasteiger partial charge in [-0.3, -0.25) is 9.59 Å². The van der Waals surface area contributed by atoms with Crippen LogP contribution in [0.4, 0.5) is 0 Å². The van der Waals surface area contributed by atoms with Crippen molar-refractivity contribution >= 4 is 35.0 Å². The number of hydrogen-bond donors (Lipinski definition) is 1. The summed E-state index contributed by atoms with van der Waals surface area (Å²) in [5, 5.41) is 3.91. The molecular formula is C17H24Cl2N2O2. The number of carbonyl (C=O) groups is 2. The van der Waals surface area contributed by atoms with E-state index in [2.05, 4.69) is 5.32 Å². The highest BCUT2D eigenvalue weighted by Gasteiger charge is 2.28. The van der Waals surface area contributed by atoms with Gasteiger partial charge in [-0.2, -0.15) is 0 Å². The van der Waals surface area contributed by atoms with E-state index in [1.54, 1.807) is 30.0 Å². The van der Waals surface area contributed by atoms with Crippen LogP contribution in [-0.4, -0.2) is 28.8 Å². The lowest BCUT2D eigenvalue weighted by Gasteiger charge is -2.31. The molecule has 0 aliphatic heterocycles. The third-order valence-corrected chi connectivity index (χ3v) is 4.06. The van der Waals surface area contributed by atoms with Gasteiger partial charge >= 0.3 is 0 Å². The molecule has 0 unspecified atom stereocenters. The lowest BCUT2D eigenvalue weighted by atomic mass is 10.1. The average molecular weight is 359 g/mol. The molecule has 4 nitrogen and oxygen atoms in total. The monoisotopic (exact) mass is 358 g/mol. The normalized spacial score (nSPS) is 12.1. The van der Waals surface area contributed by atoms with Crippen molar-refractivity contribution in [2.45, 2.75) is 59.2 Å². The lowest BCUT2D eigenvalue weighted by molar-refractivity contribution is -0.141. The first kappa shape index (κ1) is 19.8. The van der Waals surface area contributed by atoms with E-state index in [0.717, 1.165) is 5.56 Å². The molecule has 0 saturated heterocycles. The zero-order valence-electron chi connectivity index (χ0n) is 14.0. The smallest absolute Gasteiger partial charge is 0.243 e. The second-order valence-corrected chi connectivity index (χ2v) is 6.54. The molecule has 0 fully saturated rings. The van der Waals surface area contributed by atoms with Gasteiger partial charge in [0.05, 0.1) is 0 Å². The van der Waals surface area contributed by atoms with E-state index in [1.807, 2.05) is 20.8 Å². The van der Waals surface area contributed by atoms with Crippen molar-refractivity contribution in [2.75, 3.05) is 0 Å². The summed E-state index contributed by atoms with van der Waals surface area (Å²) in [6, 6.07) is 4.66. The first-order valence-electron chi connectivity index (χ1n) is 7.83. The highest BCUT2D eigenvalue weighted by molar-refractivity contribution is 6.35.